The lowest BCUT2D eigenvalue weighted by Crippen LogP contribution is -2.43. The molecule has 2 aliphatic rings. The molecule has 14 heteroatoms. The van der Waals surface area contributed by atoms with Crippen LogP contribution in [0.4, 0.5) is 9.59 Å². The Hall–Kier alpha value is -5.39. The van der Waals surface area contributed by atoms with Gasteiger partial charge >= 0.3 is 12.2 Å². The van der Waals surface area contributed by atoms with Gasteiger partial charge in [0.2, 0.25) is 5.91 Å². The number of benzene rings is 2. The number of aliphatic hydroxyl groups excluding tert-OH is 1. The maximum Gasteiger partial charge on any atom is 0.407 e. The van der Waals surface area contributed by atoms with Crippen molar-refractivity contribution in [2.24, 2.45) is 0 Å². The molecule has 2 saturated heterocycles. The molecular formula is C34H38N8O6. The molecule has 0 radical (unpaired) electrons. The van der Waals surface area contributed by atoms with Crippen LogP contribution in [-0.4, -0.2) is 99.6 Å². The zero-order valence-corrected chi connectivity index (χ0v) is 26.8. The van der Waals surface area contributed by atoms with Gasteiger partial charge in [-0.15, -0.1) is 0 Å². The summed E-state index contributed by atoms with van der Waals surface area (Å²) in [4.78, 5) is 55.3. The number of hydrogen-bond acceptors (Lipinski definition) is 9. The zero-order chi connectivity index (χ0) is 33.6. The third kappa shape index (κ3) is 7.27. The highest BCUT2D eigenvalue weighted by Crippen LogP contribution is 2.33. The Morgan fingerprint density at radius 2 is 1.65 bits per heavy atom. The van der Waals surface area contributed by atoms with Gasteiger partial charge in [0, 0.05) is 24.2 Å². The second-order valence-corrected chi connectivity index (χ2v) is 11.7. The highest BCUT2D eigenvalue weighted by Gasteiger charge is 2.34. The van der Waals surface area contributed by atoms with Crippen LogP contribution in [0.25, 0.3) is 22.3 Å². The van der Waals surface area contributed by atoms with Crippen LogP contribution in [0.15, 0.2) is 48.7 Å². The first-order valence-electron chi connectivity index (χ1n) is 15.9. The first kappa shape index (κ1) is 32.5. The first-order valence-corrected chi connectivity index (χ1v) is 15.9. The molecule has 3 amide bonds. The van der Waals surface area contributed by atoms with Crippen LogP contribution in [0.3, 0.4) is 0 Å². The fraction of sp³-hybridized carbons (Fsp3) is 0.382. The van der Waals surface area contributed by atoms with Crippen LogP contribution >= 0.6 is 0 Å². The van der Waals surface area contributed by atoms with Gasteiger partial charge in [-0.1, -0.05) is 24.0 Å². The van der Waals surface area contributed by atoms with E-state index in [1.807, 2.05) is 47.4 Å². The Morgan fingerprint density at radius 3 is 2.44 bits per heavy atom. The van der Waals surface area contributed by atoms with Gasteiger partial charge in [0.15, 0.2) is 0 Å². The van der Waals surface area contributed by atoms with Crippen LogP contribution in [-0.2, 0) is 14.3 Å². The molecule has 4 heterocycles. The summed E-state index contributed by atoms with van der Waals surface area (Å²) < 4.78 is 9.16. The number of nitrogens with zero attached hydrogens (tertiary/aromatic N) is 4. The maximum absolute atomic E-state index is 12.7. The summed E-state index contributed by atoms with van der Waals surface area (Å²) in [6.07, 6.45) is 3.08. The van der Waals surface area contributed by atoms with E-state index in [4.69, 9.17) is 4.98 Å². The number of nitrogens with one attached hydrogen (secondary N) is 4. The van der Waals surface area contributed by atoms with Crippen LogP contribution in [0, 0.1) is 11.8 Å². The molecule has 0 bridgehead atoms. The molecule has 4 aromatic rings. The number of ether oxygens (including phenoxy) is 2. The van der Waals surface area contributed by atoms with Crippen molar-refractivity contribution in [1.82, 2.24) is 40.4 Å². The predicted octanol–water partition coefficient (Wildman–Crippen LogP) is 3.18. The molecule has 0 spiro atoms. The summed E-state index contributed by atoms with van der Waals surface area (Å²) in [5.74, 6) is 7.76. The molecule has 2 aromatic heterocycles. The van der Waals surface area contributed by atoms with Gasteiger partial charge in [0.05, 0.1) is 55.8 Å². The van der Waals surface area contributed by atoms with Crippen molar-refractivity contribution in [3.05, 3.63) is 71.4 Å². The van der Waals surface area contributed by atoms with Gasteiger partial charge in [-0.05, 0) is 61.6 Å². The van der Waals surface area contributed by atoms with E-state index in [9.17, 15) is 19.5 Å². The van der Waals surface area contributed by atoms with Crippen molar-refractivity contribution in [3.63, 3.8) is 0 Å². The minimum atomic E-state index is -0.857. The number of likely N-dealkylation sites (tertiary alicyclic amines) is 2. The summed E-state index contributed by atoms with van der Waals surface area (Å²) in [5.41, 5.74) is 5.15. The number of hydrogen-bond donors (Lipinski definition) is 5. The van der Waals surface area contributed by atoms with Crippen molar-refractivity contribution in [2.75, 3.05) is 40.4 Å². The number of fused-ring (bicyclic) bond motifs is 1. The number of alkyl carbamates (subject to hydrolysis) is 2. The van der Waals surface area contributed by atoms with Gasteiger partial charge in [0.25, 0.3) is 0 Å². The Kier molecular flexibility index (Phi) is 9.88. The molecule has 2 aromatic carbocycles. The minimum Gasteiger partial charge on any atom is -0.453 e. The molecule has 0 saturated carbocycles. The van der Waals surface area contributed by atoms with Crippen molar-refractivity contribution in [1.29, 1.82) is 0 Å². The van der Waals surface area contributed by atoms with E-state index in [0.717, 1.165) is 64.9 Å². The van der Waals surface area contributed by atoms with E-state index < -0.39 is 18.4 Å². The van der Waals surface area contributed by atoms with Crippen molar-refractivity contribution in [2.45, 2.75) is 44.0 Å². The third-order valence-electron chi connectivity index (χ3n) is 8.71. The first-order chi connectivity index (χ1) is 23.3. The molecule has 250 valence electrons. The largest absolute Gasteiger partial charge is 0.453 e. The number of aliphatic hydroxyl groups is 1. The standard InChI is InChI=1S/C34H38N8O6/c1-47-33(45)36-19-29(43)41-15-3-5-27(41)31-35-18-26(40-31)23-12-9-21(10-13-23)7-8-22-11-14-24-25(17-22)39-32(38-24)28-6-4-16-42(28)30(44)20-37-34(46)48-2/h9-14,17-18,27-28,30,44H,3-6,15-16,19-20H2,1-2H3,(H,35,40)(H,36,45)(H,37,46)(H,38,39). The number of carbonyl (C=O) groups excluding carboxylic acids is 3. The second kappa shape index (κ2) is 14.6. The number of carbonyl (C=O) groups is 3. The van der Waals surface area contributed by atoms with E-state index in [2.05, 4.69) is 46.9 Å². The molecular weight excluding hydrogens is 616 g/mol. The van der Waals surface area contributed by atoms with Crippen molar-refractivity contribution >= 4 is 29.1 Å². The normalized spacial score (nSPS) is 18.3. The summed E-state index contributed by atoms with van der Waals surface area (Å²) in [7, 11) is 2.55. The number of amides is 3. The fourth-order valence-electron chi connectivity index (χ4n) is 6.27. The highest BCUT2D eigenvalue weighted by atomic mass is 16.5. The Balaban J connectivity index is 1.09. The summed E-state index contributed by atoms with van der Waals surface area (Å²) in [6, 6.07) is 13.4. The van der Waals surface area contributed by atoms with E-state index in [1.165, 1.54) is 14.2 Å². The molecule has 6 rings (SSSR count). The minimum absolute atomic E-state index is 0.0629. The Bertz CT molecular complexity index is 1840. The molecule has 2 aliphatic heterocycles. The number of aromatic amines is 2. The molecule has 3 atom stereocenters. The predicted molar refractivity (Wildman–Crippen MR) is 175 cm³/mol. The van der Waals surface area contributed by atoms with Gasteiger partial charge in [0.1, 0.15) is 24.4 Å². The van der Waals surface area contributed by atoms with Gasteiger partial charge in [-0.3, -0.25) is 9.69 Å². The fourth-order valence-corrected chi connectivity index (χ4v) is 6.27. The van der Waals surface area contributed by atoms with Crippen molar-refractivity contribution in [3.8, 4) is 23.1 Å². The van der Waals surface area contributed by atoms with Gasteiger partial charge in [-0.25, -0.2) is 19.6 Å². The third-order valence-corrected chi connectivity index (χ3v) is 8.71. The smallest absolute Gasteiger partial charge is 0.407 e. The van der Waals surface area contributed by atoms with Crippen LogP contribution in [0.2, 0.25) is 0 Å². The lowest BCUT2D eigenvalue weighted by atomic mass is 10.1. The number of aromatic nitrogens is 4. The SMILES string of the molecule is COC(=O)NCC(=O)N1CCCC1c1ncc(-c2ccc(C#Cc3ccc4nc(C5CCCN5C(O)CNC(=O)OC)[nH]c4c3)cc2)[nH]1. The zero-order valence-electron chi connectivity index (χ0n) is 26.8. The molecule has 5 N–H and O–H groups in total. The highest BCUT2D eigenvalue weighted by molar-refractivity contribution is 5.82. The monoisotopic (exact) mass is 654 g/mol. The summed E-state index contributed by atoms with van der Waals surface area (Å²) >= 11 is 0. The average molecular weight is 655 g/mol. The summed E-state index contributed by atoms with van der Waals surface area (Å²) in [5, 5.41) is 15.7. The number of imidazole rings is 2. The number of methoxy groups -OCH3 is 2. The molecule has 2 fully saturated rings. The van der Waals surface area contributed by atoms with Gasteiger partial charge in [-0.2, -0.15) is 0 Å². The van der Waals surface area contributed by atoms with Crippen LogP contribution in [0.1, 0.15) is 60.5 Å². The quantitative estimate of drug-likeness (QED) is 0.179. The molecule has 14 nitrogen and oxygen atoms in total. The van der Waals surface area contributed by atoms with E-state index >= 15 is 0 Å². The Labute approximate surface area is 277 Å². The maximum atomic E-state index is 12.7. The van der Waals surface area contributed by atoms with E-state index in [0.29, 0.717) is 18.9 Å². The molecule has 0 aliphatic carbocycles. The topological polar surface area (TPSA) is 178 Å². The van der Waals surface area contributed by atoms with E-state index in [1.54, 1.807) is 11.1 Å². The van der Waals surface area contributed by atoms with E-state index in [-0.39, 0.29) is 31.1 Å². The number of rotatable bonds is 8. The van der Waals surface area contributed by atoms with Crippen LogP contribution in [0.5, 0.6) is 0 Å². The van der Waals surface area contributed by atoms with Crippen LogP contribution < -0.4 is 10.6 Å². The van der Waals surface area contributed by atoms with Crippen molar-refractivity contribution < 1.29 is 29.0 Å². The lowest BCUT2D eigenvalue weighted by Gasteiger charge is -2.28. The lowest BCUT2D eigenvalue weighted by molar-refractivity contribution is -0.131. The second-order valence-electron chi connectivity index (χ2n) is 11.7. The Morgan fingerprint density at radius 1 is 0.938 bits per heavy atom. The van der Waals surface area contributed by atoms with Gasteiger partial charge < -0.3 is 40.1 Å². The number of H-pyrrole nitrogens is 2. The average Bonchev–Trinajstić information content (AvgIpc) is 3.94. The summed E-state index contributed by atoms with van der Waals surface area (Å²) in [6.45, 7) is 1.23. The molecule has 48 heavy (non-hydrogen) atoms. The molecule has 3 unspecified atom stereocenters.